The molecule has 0 fully saturated rings. The Morgan fingerprint density at radius 2 is 0.923 bits per heavy atom. The van der Waals surface area contributed by atoms with Gasteiger partial charge in [0.1, 0.15) is 17.1 Å². The summed E-state index contributed by atoms with van der Waals surface area (Å²) in [6.07, 6.45) is 1.73. The van der Waals surface area contributed by atoms with Gasteiger partial charge in [0, 0.05) is 17.3 Å². The maximum absolute atomic E-state index is 6.56. The summed E-state index contributed by atoms with van der Waals surface area (Å²) in [6.45, 7) is 0. The van der Waals surface area contributed by atoms with E-state index in [-0.39, 0.29) is 0 Å². The Kier molecular flexibility index (Phi) is 8.99. The van der Waals surface area contributed by atoms with Gasteiger partial charge in [-0.05, 0) is 12.1 Å². The van der Waals surface area contributed by atoms with Crippen LogP contribution in [0.1, 0.15) is 0 Å². The first kappa shape index (κ1) is 27.0. The molecule has 7 heteroatoms. The van der Waals surface area contributed by atoms with E-state index >= 15 is 0 Å². The van der Waals surface area contributed by atoms with Gasteiger partial charge in [-0.2, -0.15) is 0 Å². The van der Waals surface area contributed by atoms with Crippen molar-refractivity contribution in [2.24, 2.45) is 0 Å². The fourth-order valence-corrected chi connectivity index (χ4v) is 11.8. The van der Waals surface area contributed by atoms with Crippen LogP contribution in [0.4, 0.5) is 0 Å². The minimum absolute atomic E-state index is 0.522. The van der Waals surface area contributed by atoms with E-state index in [1.54, 1.807) is 6.20 Å². The standard InChI is InChI=1S/C20H14N4.2C6H5.2ClH.Sn/c1-3-9-15(10-4-1)18-19(16-11-5-2-6-12-16)23-24-20(22-18)17-13-7-8-14-21-17;2*1-2-4-6-5-3-1;;;/h1-14H;2*1-5H;2*1H;/q;;;;;+2/p-2. The topological polar surface area (TPSA) is 51.6 Å². The van der Waals surface area contributed by atoms with Gasteiger partial charge in [0.25, 0.3) is 0 Å². The van der Waals surface area contributed by atoms with Gasteiger partial charge in [-0.25, -0.2) is 4.98 Å². The fraction of sp³-hybridized carbons (Fsp3) is 0. The SMILES string of the molecule is [Cl][Sn]([Cl])([c]1ccccc1)[c]1ccccc1.c1ccc(-c2nnc(-c3ccccn3)nc2-c2ccccc2)cc1. The van der Waals surface area contributed by atoms with Gasteiger partial charge in [0.05, 0.1) is 0 Å². The van der Waals surface area contributed by atoms with E-state index in [9.17, 15) is 0 Å². The van der Waals surface area contributed by atoms with Crippen LogP contribution in [0, 0.1) is 0 Å². The Bertz CT molecular complexity index is 1560. The van der Waals surface area contributed by atoms with Crippen LogP contribution >= 0.6 is 17.8 Å². The normalized spacial score (nSPS) is 10.8. The molecular formula is C32H24Cl2N4Sn. The number of benzene rings is 4. The van der Waals surface area contributed by atoms with Gasteiger partial charge < -0.3 is 0 Å². The minimum Gasteiger partial charge on any atom is -0.253 e. The summed E-state index contributed by atoms with van der Waals surface area (Å²) in [7, 11) is 13.1. The summed E-state index contributed by atoms with van der Waals surface area (Å²) >= 11 is -3.30. The van der Waals surface area contributed by atoms with E-state index in [2.05, 4.69) is 15.2 Å². The molecule has 2 heterocycles. The third-order valence-corrected chi connectivity index (χ3v) is 17.8. The number of halogens is 2. The molecule has 190 valence electrons. The van der Waals surface area contributed by atoms with Crippen LogP contribution < -0.4 is 7.16 Å². The average molecular weight is 654 g/mol. The molecule has 2 aromatic heterocycles. The summed E-state index contributed by atoms with van der Waals surface area (Å²) < 4.78 is 2.20. The van der Waals surface area contributed by atoms with Crippen molar-refractivity contribution in [3.8, 4) is 34.0 Å². The van der Waals surface area contributed by atoms with E-state index in [1.807, 2.05) is 140 Å². The molecule has 0 N–H and O–H groups in total. The number of hydrogen-bond donors (Lipinski definition) is 0. The van der Waals surface area contributed by atoms with Crippen LogP contribution in [0.2, 0.25) is 0 Å². The Balaban J connectivity index is 0.000000177. The van der Waals surface area contributed by atoms with Crippen molar-refractivity contribution < 1.29 is 0 Å². The molecule has 0 atom stereocenters. The van der Waals surface area contributed by atoms with Gasteiger partial charge in [0.2, 0.25) is 5.82 Å². The number of pyridine rings is 1. The number of rotatable bonds is 5. The molecule has 0 unspecified atom stereocenters. The molecule has 0 aliphatic rings. The Morgan fingerprint density at radius 1 is 0.462 bits per heavy atom. The second-order valence-electron chi connectivity index (χ2n) is 8.59. The third-order valence-electron chi connectivity index (χ3n) is 5.95. The molecule has 0 amide bonds. The van der Waals surface area contributed by atoms with E-state index in [0.717, 1.165) is 29.7 Å². The van der Waals surface area contributed by atoms with Crippen LogP contribution in [0.5, 0.6) is 0 Å². The first-order valence-corrected chi connectivity index (χ1v) is 22.5. The molecule has 4 aromatic carbocycles. The summed E-state index contributed by atoms with van der Waals surface area (Å²) in [4.78, 5) is 9.07. The molecule has 0 aliphatic heterocycles. The van der Waals surface area contributed by atoms with Gasteiger partial charge in [-0.15, -0.1) is 10.2 Å². The summed E-state index contributed by atoms with van der Waals surface area (Å²) in [6, 6.07) is 45.6. The number of aromatic nitrogens is 4. The van der Waals surface area contributed by atoms with Crippen LogP contribution in [0.3, 0.4) is 0 Å². The monoisotopic (exact) mass is 654 g/mol. The van der Waals surface area contributed by atoms with Crippen molar-refractivity contribution in [3.05, 3.63) is 146 Å². The molecule has 0 saturated heterocycles. The zero-order valence-electron chi connectivity index (χ0n) is 20.9. The molecule has 39 heavy (non-hydrogen) atoms. The van der Waals surface area contributed by atoms with Crippen molar-refractivity contribution in [2.45, 2.75) is 0 Å². The van der Waals surface area contributed by atoms with Gasteiger partial charge in [-0.1, -0.05) is 66.7 Å². The van der Waals surface area contributed by atoms with Crippen molar-refractivity contribution in [1.29, 1.82) is 0 Å². The zero-order valence-corrected chi connectivity index (χ0v) is 25.3. The second kappa shape index (κ2) is 13.0. The van der Waals surface area contributed by atoms with Crippen molar-refractivity contribution in [2.75, 3.05) is 0 Å². The van der Waals surface area contributed by atoms with Crippen LogP contribution in [-0.2, 0) is 0 Å². The Hall–Kier alpha value is -3.58. The fourth-order valence-electron chi connectivity index (χ4n) is 3.98. The first-order chi connectivity index (χ1) is 19.1. The van der Waals surface area contributed by atoms with Crippen molar-refractivity contribution >= 4 is 41.1 Å². The van der Waals surface area contributed by atoms with E-state index in [4.69, 9.17) is 22.8 Å². The van der Waals surface area contributed by atoms with E-state index in [1.165, 1.54) is 0 Å². The quantitative estimate of drug-likeness (QED) is 0.188. The molecule has 0 bridgehead atoms. The Morgan fingerprint density at radius 3 is 1.41 bits per heavy atom. The smallest absolute Gasteiger partial charge is 0.201 e. The van der Waals surface area contributed by atoms with Crippen LogP contribution in [0.15, 0.2) is 146 Å². The maximum Gasteiger partial charge on any atom is 0.201 e. The van der Waals surface area contributed by atoms with Crippen LogP contribution in [-0.4, -0.2) is 36.3 Å². The average Bonchev–Trinajstić information content (AvgIpc) is 3.03. The molecule has 0 spiro atoms. The number of hydrogen-bond acceptors (Lipinski definition) is 4. The van der Waals surface area contributed by atoms with Crippen molar-refractivity contribution in [3.63, 3.8) is 0 Å². The first-order valence-electron chi connectivity index (χ1n) is 12.4. The third kappa shape index (κ3) is 6.71. The van der Waals surface area contributed by atoms with Gasteiger partial charge in [-0.3, -0.25) is 4.98 Å². The minimum atomic E-state index is -3.30. The van der Waals surface area contributed by atoms with Crippen LogP contribution in [0.25, 0.3) is 34.0 Å². The molecule has 6 rings (SSSR count). The predicted molar refractivity (Wildman–Crippen MR) is 164 cm³/mol. The molecule has 4 nitrogen and oxygen atoms in total. The Labute approximate surface area is 239 Å². The maximum atomic E-state index is 6.56. The second-order valence-corrected chi connectivity index (χ2v) is 24.1. The summed E-state index contributed by atoms with van der Waals surface area (Å²) in [5.74, 6) is 0.522. The molecule has 0 aliphatic carbocycles. The summed E-state index contributed by atoms with van der Waals surface area (Å²) in [5, 5.41) is 8.74. The summed E-state index contributed by atoms with van der Waals surface area (Å²) in [5.41, 5.74) is 4.27. The van der Waals surface area contributed by atoms with E-state index < -0.39 is 16.1 Å². The molecule has 0 saturated carbocycles. The molecule has 0 radical (unpaired) electrons. The van der Waals surface area contributed by atoms with Gasteiger partial charge in [0.15, 0.2) is 0 Å². The van der Waals surface area contributed by atoms with E-state index in [0.29, 0.717) is 11.5 Å². The molecular weight excluding hydrogens is 630 g/mol. The number of nitrogens with zero attached hydrogens (tertiary/aromatic N) is 4. The van der Waals surface area contributed by atoms with Gasteiger partial charge >= 0.3 is 102 Å². The largest absolute Gasteiger partial charge is 0.253 e. The van der Waals surface area contributed by atoms with Crippen molar-refractivity contribution in [1.82, 2.24) is 20.2 Å². The molecule has 6 aromatic rings. The predicted octanol–water partition coefficient (Wildman–Crippen LogP) is 6.99. The zero-order chi connectivity index (χ0) is 26.9.